The van der Waals surface area contributed by atoms with Crippen LogP contribution in [-0.4, -0.2) is 76.6 Å². The molecule has 8 nitrogen and oxygen atoms in total. The third-order valence-corrected chi connectivity index (χ3v) is 11.8. The molecule has 6 atom stereocenters. The average Bonchev–Trinajstić information content (AvgIpc) is 3.41. The Morgan fingerprint density at radius 2 is 0.647 bits per heavy atom. The van der Waals surface area contributed by atoms with Gasteiger partial charge in [-0.3, -0.25) is 0 Å². The van der Waals surface area contributed by atoms with Crippen molar-refractivity contribution in [3.8, 4) is 36.5 Å². The molecule has 68 heavy (non-hydrogen) atoms. The van der Waals surface area contributed by atoms with Crippen molar-refractivity contribution in [2.45, 2.75) is 48.2 Å². The zero-order chi connectivity index (χ0) is 46.7. The van der Waals surface area contributed by atoms with E-state index in [2.05, 4.69) is 96.5 Å². The minimum atomic E-state index is -0.955. The van der Waals surface area contributed by atoms with E-state index in [4.69, 9.17) is 50.7 Å². The van der Waals surface area contributed by atoms with Gasteiger partial charge in [-0.1, -0.05) is 218 Å². The molecule has 0 bridgehead atoms. The molecule has 6 aromatic rings. The van der Waals surface area contributed by atoms with Gasteiger partial charge in [0.15, 0.2) is 12.6 Å². The van der Waals surface area contributed by atoms with Gasteiger partial charge in [-0.2, -0.15) is 0 Å². The summed E-state index contributed by atoms with van der Waals surface area (Å²) in [4.78, 5) is 0. The smallest absolute Gasteiger partial charge is 0.178 e. The molecular formula is C60H54O8. The second kappa shape index (κ2) is 24.3. The molecule has 0 spiro atoms. The Labute approximate surface area is 400 Å². The molecule has 0 N–H and O–H groups in total. The van der Waals surface area contributed by atoms with Gasteiger partial charge in [-0.05, 0) is 45.5 Å². The second-order valence-corrected chi connectivity index (χ2v) is 16.0. The summed E-state index contributed by atoms with van der Waals surface area (Å²) < 4.78 is 51.5. The molecule has 0 aromatic heterocycles. The molecule has 342 valence electrons. The van der Waals surface area contributed by atoms with Gasteiger partial charge in [0.05, 0.1) is 13.2 Å². The number of rotatable bonds is 20. The minimum Gasteiger partial charge on any atom is -0.359 e. The molecule has 8 heteroatoms. The van der Waals surface area contributed by atoms with Gasteiger partial charge in [0.25, 0.3) is 0 Å². The van der Waals surface area contributed by atoms with Crippen LogP contribution in [0.25, 0.3) is 0 Å². The molecular weight excluding hydrogens is 849 g/mol. The molecule has 2 aliphatic rings. The molecule has 0 fully saturated rings. The fraction of sp³-hybridized carbons (Fsp3) is 0.233. The third-order valence-electron chi connectivity index (χ3n) is 11.8. The summed E-state index contributed by atoms with van der Waals surface area (Å²) in [6, 6.07) is 61.1. The van der Waals surface area contributed by atoms with Gasteiger partial charge in [0, 0.05) is 0 Å². The Kier molecular flexibility index (Phi) is 17.0. The van der Waals surface area contributed by atoms with Crippen molar-refractivity contribution in [2.24, 2.45) is 0 Å². The van der Waals surface area contributed by atoms with E-state index in [-0.39, 0.29) is 39.6 Å². The summed E-state index contributed by atoms with van der Waals surface area (Å²) in [6.07, 6.45) is 15.1. The number of ether oxygens (including phenoxy) is 8. The molecule has 0 saturated heterocycles. The summed E-state index contributed by atoms with van der Waals surface area (Å²) in [5.74, 6) is 11.2. The summed E-state index contributed by atoms with van der Waals surface area (Å²) in [5.41, 5.74) is 3.93. The van der Waals surface area contributed by atoms with Gasteiger partial charge in [0.1, 0.15) is 62.0 Å². The van der Waals surface area contributed by atoms with Gasteiger partial charge in [0.2, 0.25) is 0 Å². The lowest BCUT2D eigenvalue weighted by molar-refractivity contribution is -0.195. The van der Waals surface area contributed by atoms with Crippen LogP contribution in [0.1, 0.15) is 33.4 Å². The van der Waals surface area contributed by atoms with Gasteiger partial charge < -0.3 is 37.9 Å². The largest absolute Gasteiger partial charge is 0.359 e. The maximum atomic E-state index is 7.09. The Balaban J connectivity index is 0.917. The van der Waals surface area contributed by atoms with Crippen molar-refractivity contribution in [3.05, 3.63) is 240 Å². The lowest BCUT2D eigenvalue weighted by Gasteiger charge is -2.39. The molecule has 0 aliphatic carbocycles. The van der Waals surface area contributed by atoms with Crippen molar-refractivity contribution in [1.29, 1.82) is 0 Å². The van der Waals surface area contributed by atoms with Crippen LogP contribution in [-0.2, 0) is 49.1 Å². The molecule has 0 amide bonds. The second-order valence-electron chi connectivity index (χ2n) is 16.0. The number of terminal acetylenes is 2. The first-order chi connectivity index (χ1) is 33.6. The van der Waals surface area contributed by atoms with Crippen molar-refractivity contribution >= 4 is 0 Å². The standard InChI is InChI=1S/C60H54O8/c1-3-41-61-53-37-39-57(67-55(53)45-65-59(47-25-11-5-12-26-47,48-27-13-6-14-28-48)49-29-15-7-16-30-49)63-43-23-24-44-64-58-40-38-54(62-42-4-2)56(68-58)46-66-60(50-31-17-8-18-32-50,51-33-19-9-20-34-51)52-35-21-10-22-36-52/h1-2,5-22,25-40,53-58H,41-46H2/t53-,54-,55+,56+,57-,58-/m0/s1. The van der Waals surface area contributed by atoms with Crippen LogP contribution in [0, 0.1) is 36.5 Å². The van der Waals surface area contributed by atoms with Crippen molar-refractivity contribution in [3.63, 3.8) is 0 Å². The number of hydrogen-bond donors (Lipinski definition) is 0. The quantitative estimate of drug-likeness (QED) is 0.0427. The fourth-order valence-corrected chi connectivity index (χ4v) is 8.61. The Morgan fingerprint density at radius 1 is 0.368 bits per heavy atom. The predicted molar refractivity (Wildman–Crippen MR) is 263 cm³/mol. The Bertz CT molecular complexity index is 2270. The van der Waals surface area contributed by atoms with E-state index >= 15 is 0 Å². The SMILES string of the molecule is C#CCO[C@H]1C=C[C@@H](OCC#CCO[C@@H]2C=C[C@H](OCC#C)[C@@H](COC(c3ccccc3)(c3ccccc3)c3ccccc3)O2)O[C@@H]1COC(c1ccccc1)(c1ccccc1)c1ccccc1. The summed E-state index contributed by atoms with van der Waals surface area (Å²) >= 11 is 0. The first kappa shape index (κ1) is 47.6. The highest BCUT2D eigenvalue weighted by molar-refractivity contribution is 5.49. The van der Waals surface area contributed by atoms with E-state index in [9.17, 15) is 0 Å². The van der Waals surface area contributed by atoms with Gasteiger partial charge in [-0.15, -0.1) is 12.8 Å². The van der Waals surface area contributed by atoms with Gasteiger partial charge in [-0.25, -0.2) is 0 Å². The zero-order valence-electron chi connectivity index (χ0n) is 37.8. The molecule has 2 heterocycles. The normalized spacial score (nSPS) is 20.1. The van der Waals surface area contributed by atoms with Crippen LogP contribution in [0.2, 0.25) is 0 Å². The molecule has 6 aromatic carbocycles. The van der Waals surface area contributed by atoms with Crippen molar-refractivity contribution in [2.75, 3.05) is 39.6 Å². The maximum Gasteiger partial charge on any atom is 0.178 e. The minimum absolute atomic E-state index is 0.0736. The first-order valence-corrected chi connectivity index (χ1v) is 22.7. The zero-order valence-corrected chi connectivity index (χ0v) is 37.8. The fourth-order valence-electron chi connectivity index (χ4n) is 8.61. The summed E-state index contributed by atoms with van der Waals surface area (Å²) in [6.45, 7) is 0.663. The highest BCUT2D eigenvalue weighted by atomic mass is 16.7. The lowest BCUT2D eigenvalue weighted by atomic mass is 9.80. The van der Waals surface area contributed by atoms with Gasteiger partial charge >= 0.3 is 0 Å². The van der Waals surface area contributed by atoms with Crippen molar-refractivity contribution in [1.82, 2.24) is 0 Å². The van der Waals surface area contributed by atoms with Crippen LogP contribution in [0.15, 0.2) is 206 Å². The van der Waals surface area contributed by atoms with Crippen LogP contribution in [0.3, 0.4) is 0 Å². The molecule has 8 rings (SSSR count). The Hall–Kier alpha value is -6.84. The monoisotopic (exact) mass is 902 g/mol. The maximum absolute atomic E-state index is 7.09. The highest BCUT2D eigenvalue weighted by Crippen LogP contribution is 2.42. The van der Waals surface area contributed by atoms with Crippen LogP contribution in [0.4, 0.5) is 0 Å². The summed E-state index contributed by atoms with van der Waals surface area (Å²) in [7, 11) is 0. The number of hydrogen-bond acceptors (Lipinski definition) is 8. The highest BCUT2D eigenvalue weighted by Gasteiger charge is 2.42. The van der Waals surface area contributed by atoms with Crippen LogP contribution in [0.5, 0.6) is 0 Å². The van der Waals surface area contributed by atoms with E-state index in [0.29, 0.717) is 0 Å². The predicted octanol–water partition coefficient (Wildman–Crippen LogP) is 9.64. The van der Waals surface area contributed by atoms with E-state index in [1.54, 1.807) is 12.2 Å². The molecule has 0 unspecified atom stereocenters. The third kappa shape index (κ3) is 11.5. The molecule has 0 radical (unpaired) electrons. The van der Waals surface area contributed by atoms with E-state index in [0.717, 1.165) is 33.4 Å². The van der Waals surface area contributed by atoms with Crippen molar-refractivity contribution < 1.29 is 37.9 Å². The summed E-state index contributed by atoms with van der Waals surface area (Å²) in [5, 5.41) is 0. The molecule has 0 saturated carbocycles. The topological polar surface area (TPSA) is 73.8 Å². The van der Waals surface area contributed by atoms with E-state index in [1.165, 1.54) is 0 Å². The molecule has 2 aliphatic heterocycles. The van der Waals surface area contributed by atoms with E-state index < -0.39 is 48.2 Å². The van der Waals surface area contributed by atoms with Crippen LogP contribution >= 0.6 is 0 Å². The van der Waals surface area contributed by atoms with E-state index in [1.807, 2.05) is 121 Å². The average molecular weight is 903 g/mol. The lowest BCUT2D eigenvalue weighted by Crippen LogP contribution is -2.44. The van der Waals surface area contributed by atoms with Crippen LogP contribution < -0.4 is 0 Å². The Morgan fingerprint density at radius 3 is 0.912 bits per heavy atom. The number of benzene rings is 6. The first-order valence-electron chi connectivity index (χ1n) is 22.7.